The number of benzene rings is 2. The molecule has 7 nitrogen and oxygen atoms in total. The van der Waals surface area contributed by atoms with Gasteiger partial charge in [0.2, 0.25) is 0 Å². The maximum Gasteiger partial charge on any atom is 0.270 e. The standard InChI is InChI=1S/C21H18N2O5S2/c1-2-10-22-20(24)19(30-21(22)29)14-15-13-16(23(25)26)8-9-18(15)28-12-11-27-17-6-4-3-5-7-17/h2-9,13-14H,1,10-12H2. The van der Waals surface area contributed by atoms with Gasteiger partial charge in [-0.1, -0.05) is 48.3 Å². The van der Waals surface area contributed by atoms with Gasteiger partial charge in [0.05, 0.1) is 9.83 Å². The molecule has 3 rings (SSSR count). The lowest BCUT2D eigenvalue weighted by Crippen LogP contribution is -2.27. The van der Waals surface area contributed by atoms with Gasteiger partial charge in [0.25, 0.3) is 11.6 Å². The molecule has 1 heterocycles. The van der Waals surface area contributed by atoms with Crippen LogP contribution in [0.25, 0.3) is 6.08 Å². The van der Waals surface area contributed by atoms with Gasteiger partial charge in [0.15, 0.2) is 0 Å². The molecule has 0 atom stereocenters. The van der Waals surface area contributed by atoms with E-state index in [4.69, 9.17) is 21.7 Å². The Morgan fingerprint density at radius 2 is 1.90 bits per heavy atom. The third-order valence-electron chi connectivity index (χ3n) is 4.03. The van der Waals surface area contributed by atoms with Crippen molar-refractivity contribution in [3.63, 3.8) is 0 Å². The van der Waals surface area contributed by atoms with Crippen LogP contribution < -0.4 is 9.47 Å². The molecule has 2 aromatic carbocycles. The second kappa shape index (κ2) is 10.0. The first-order valence-electron chi connectivity index (χ1n) is 8.95. The first-order valence-corrected chi connectivity index (χ1v) is 10.2. The van der Waals surface area contributed by atoms with Crippen molar-refractivity contribution in [3.05, 3.63) is 81.8 Å². The van der Waals surface area contributed by atoms with E-state index in [1.54, 1.807) is 12.2 Å². The summed E-state index contributed by atoms with van der Waals surface area (Å²) >= 11 is 6.37. The molecule has 0 saturated carbocycles. The number of amides is 1. The largest absolute Gasteiger partial charge is 0.490 e. The Bertz CT molecular complexity index is 1010. The molecule has 9 heteroatoms. The highest BCUT2D eigenvalue weighted by molar-refractivity contribution is 8.26. The Labute approximate surface area is 183 Å². The normalized spacial score (nSPS) is 14.8. The molecule has 0 aliphatic carbocycles. The predicted octanol–water partition coefficient (Wildman–Crippen LogP) is 4.44. The number of hydrogen-bond donors (Lipinski definition) is 0. The number of thioether (sulfide) groups is 1. The highest BCUT2D eigenvalue weighted by Gasteiger charge is 2.31. The zero-order valence-electron chi connectivity index (χ0n) is 15.9. The van der Waals surface area contributed by atoms with Crippen molar-refractivity contribution in [1.82, 2.24) is 4.90 Å². The molecular formula is C21H18N2O5S2. The topological polar surface area (TPSA) is 81.9 Å². The summed E-state index contributed by atoms with van der Waals surface area (Å²) in [5.41, 5.74) is 0.318. The number of nitro groups is 1. The Balaban J connectivity index is 1.77. The SMILES string of the molecule is C=CCN1C(=O)C(=Cc2cc([N+](=O)[O-])ccc2OCCOc2ccccc2)SC1=S. The van der Waals surface area contributed by atoms with Gasteiger partial charge in [-0.05, 0) is 24.3 Å². The zero-order valence-corrected chi connectivity index (χ0v) is 17.5. The highest BCUT2D eigenvalue weighted by Crippen LogP contribution is 2.35. The number of hydrogen-bond acceptors (Lipinski definition) is 7. The number of ether oxygens (including phenoxy) is 2. The van der Waals surface area contributed by atoms with Crippen LogP contribution in [0.5, 0.6) is 11.5 Å². The fourth-order valence-electron chi connectivity index (χ4n) is 2.65. The van der Waals surface area contributed by atoms with Crippen molar-refractivity contribution < 1.29 is 19.2 Å². The second-order valence-corrected chi connectivity index (χ2v) is 7.75. The van der Waals surface area contributed by atoms with Crippen molar-refractivity contribution in [2.45, 2.75) is 0 Å². The molecule has 2 aromatic rings. The van der Waals surface area contributed by atoms with Crippen molar-refractivity contribution in [3.8, 4) is 11.5 Å². The smallest absolute Gasteiger partial charge is 0.270 e. The van der Waals surface area contributed by atoms with Gasteiger partial charge in [-0.3, -0.25) is 19.8 Å². The number of nitro benzene ring substituents is 1. The van der Waals surface area contributed by atoms with E-state index in [1.165, 1.54) is 23.1 Å². The van der Waals surface area contributed by atoms with Crippen LogP contribution in [0.2, 0.25) is 0 Å². The third kappa shape index (κ3) is 5.25. The molecule has 1 saturated heterocycles. The van der Waals surface area contributed by atoms with E-state index in [0.717, 1.165) is 17.5 Å². The molecule has 0 spiro atoms. The number of para-hydroxylation sites is 1. The average molecular weight is 443 g/mol. The minimum absolute atomic E-state index is 0.101. The van der Waals surface area contributed by atoms with Crippen molar-refractivity contribution in [2.75, 3.05) is 19.8 Å². The molecule has 0 N–H and O–H groups in total. The zero-order chi connectivity index (χ0) is 21.5. The summed E-state index contributed by atoms with van der Waals surface area (Å²) in [6.07, 6.45) is 3.14. The van der Waals surface area contributed by atoms with Gasteiger partial charge >= 0.3 is 0 Å². The van der Waals surface area contributed by atoms with Gasteiger partial charge < -0.3 is 9.47 Å². The lowest BCUT2D eigenvalue weighted by atomic mass is 10.1. The van der Waals surface area contributed by atoms with Crippen LogP contribution >= 0.6 is 24.0 Å². The number of nitrogens with zero attached hydrogens (tertiary/aromatic N) is 2. The van der Waals surface area contributed by atoms with E-state index in [0.29, 0.717) is 33.7 Å². The number of non-ortho nitro benzene ring substituents is 1. The Hall–Kier alpha value is -3.17. The molecule has 1 aliphatic rings. The molecular weight excluding hydrogens is 424 g/mol. The molecule has 0 aromatic heterocycles. The van der Waals surface area contributed by atoms with Crippen molar-refractivity contribution in [2.24, 2.45) is 0 Å². The maximum atomic E-state index is 12.6. The molecule has 0 unspecified atom stereocenters. The molecule has 1 aliphatic heterocycles. The fourth-order valence-corrected chi connectivity index (χ4v) is 3.92. The summed E-state index contributed by atoms with van der Waals surface area (Å²) in [6.45, 7) is 4.45. The van der Waals surface area contributed by atoms with Crippen LogP contribution in [-0.2, 0) is 4.79 Å². The van der Waals surface area contributed by atoms with Crippen LogP contribution in [0.15, 0.2) is 66.1 Å². The lowest BCUT2D eigenvalue weighted by molar-refractivity contribution is -0.384. The molecule has 154 valence electrons. The molecule has 0 bridgehead atoms. The molecule has 1 fully saturated rings. The van der Waals surface area contributed by atoms with Gasteiger partial charge in [-0.2, -0.15) is 0 Å². The molecule has 30 heavy (non-hydrogen) atoms. The first-order chi connectivity index (χ1) is 14.5. The minimum Gasteiger partial charge on any atom is -0.490 e. The quantitative estimate of drug-likeness (QED) is 0.142. The van der Waals surface area contributed by atoms with Gasteiger partial charge in [0.1, 0.15) is 29.0 Å². The monoisotopic (exact) mass is 442 g/mol. The average Bonchev–Trinajstić information content (AvgIpc) is 3.00. The Morgan fingerprint density at radius 1 is 1.17 bits per heavy atom. The van der Waals surface area contributed by atoms with Crippen LogP contribution in [-0.4, -0.2) is 39.8 Å². The molecule has 0 radical (unpaired) electrons. The van der Waals surface area contributed by atoms with Crippen molar-refractivity contribution in [1.29, 1.82) is 0 Å². The first kappa shape index (κ1) is 21.5. The fraction of sp³-hybridized carbons (Fsp3) is 0.143. The number of thiocarbonyl (C=S) groups is 1. The summed E-state index contributed by atoms with van der Waals surface area (Å²) in [4.78, 5) is 25.0. The van der Waals surface area contributed by atoms with E-state index in [2.05, 4.69) is 6.58 Å². The van der Waals surface area contributed by atoms with Gasteiger partial charge in [-0.15, -0.1) is 6.58 Å². The summed E-state index contributed by atoms with van der Waals surface area (Å²) in [5, 5.41) is 11.2. The van der Waals surface area contributed by atoms with Gasteiger partial charge in [0, 0.05) is 24.2 Å². The summed E-state index contributed by atoms with van der Waals surface area (Å²) in [5.74, 6) is 0.858. The number of rotatable bonds is 9. The van der Waals surface area contributed by atoms with E-state index in [-0.39, 0.29) is 18.2 Å². The summed E-state index contributed by atoms with van der Waals surface area (Å²) < 4.78 is 11.8. The predicted molar refractivity (Wildman–Crippen MR) is 121 cm³/mol. The van der Waals surface area contributed by atoms with Crippen LogP contribution in [0, 0.1) is 10.1 Å². The Kier molecular flexibility index (Phi) is 7.21. The maximum absolute atomic E-state index is 12.6. The van der Waals surface area contributed by atoms with Crippen LogP contribution in [0.4, 0.5) is 5.69 Å². The Morgan fingerprint density at radius 3 is 2.60 bits per heavy atom. The summed E-state index contributed by atoms with van der Waals surface area (Å²) in [7, 11) is 0. The minimum atomic E-state index is -0.497. The van der Waals surface area contributed by atoms with Gasteiger partial charge in [-0.25, -0.2) is 0 Å². The summed E-state index contributed by atoms with van der Waals surface area (Å²) in [6, 6.07) is 13.5. The van der Waals surface area contributed by atoms with E-state index < -0.39 is 4.92 Å². The third-order valence-corrected chi connectivity index (χ3v) is 5.41. The van der Waals surface area contributed by atoms with Crippen LogP contribution in [0.3, 0.4) is 0 Å². The van der Waals surface area contributed by atoms with E-state index in [9.17, 15) is 14.9 Å². The highest BCUT2D eigenvalue weighted by atomic mass is 32.2. The second-order valence-electron chi connectivity index (χ2n) is 6.07. The number of carbonyl (C=O) groups excluding carboxylic acids is 1. The molecule has 1 amide bonds. The van der Waals surface area contributed by atoms with Crippen LogP contribution in [0.1, 0.15) is 5.56 Å². The van der Waals surface area contributed by atoms with E-state index in [1.807, 2.05) is 30.3 Å². The lowest BCUT2D eigenvalue weighted by Gasteiger charge is -2.11. The van der Waals surface area contributed by atoms with E-state index >= 15 is 0 Å². The number of carbonyl (C=O) groups is 1. The van der Waals surface area contributed by atoms with Crippen molar-refractivity contribution >= 4 is 46.0 Å².